The molecule has 6 nitrogen and oxygen atoms in total. The van der Waals surface area contributed by atoms with E-state index in [1.165, 1.54) is 9.80 Å². The van der Waals surface area contributed by atoms with Gasteiger partial charge in [-0.15, -0.1) is 0 Å². The van der Waals surface area contributed by atoms with E-state index in [9.17, 15) is 9.59 Å². The van der Waals surface area contributed by atoms with Crippen molar-refractivity contribution in [3.63, 3.8) is 0 Å². The molecule has 0 aromatic rings. The molecule has 0 aliphatic carbocycles. The SMILES string of the molecule is CNC1NC(=O)N(C(C)C)C(=O)N1C. The van der Waals surface area contributed by atoms with Crippen molar-refractivity contribution >= 4 is 12.1 Å². The molecule has 2 N–H and O–H groups in total. The molecule has 1 aliphatic heterocycles. The number of carbonyl (C=O) groups excluding carboxylic acids is 2. The van der Waals surface area contributed by atoms with Crippen LogP contribution in [0.2, 0.25) is 0 Å². The van der Waals surface area contributed by atoms with Crippen LogP contribution >= 0.6 is 0 Å². The molecule has 1 heterocycles. The first-order valence-electron chi connectivity index (χ1n) is 4.52. The molecule has 0 saturated carbocycles. The zero-order valence-electron chi connectivity index (χ0n) is 8.87. The van der Waals surface area contributed by atoms with E-state index in [1.54, 1.807) is 27.9 Å². The summed E-state index contributed by atoms with van der Waals surface area (Å²) in [6, 6.07) is -0.784. The molecule has 1 saturated heterocycles. The predicted octanol–water partition coefficient (Wildman–Crippen LogP) is -0.0252. The van der Waals surface area contributed by atoms with E-state index in [1.807, 2.05) is 0 Å². The number of carbonyl (C=O) groups is 2. The van der Waals surface area contributed by atoms with E-state index in [2.05, 4.69) is 10.6 Å². The van der Waals surface area contributed by atoms with Crippen molar-refractivity contribution in [2.75, 3.05) is 14.1 Å². The Bertz CT molecular complexity index is 254. The van der Waals surface area contributed by atoms with Crippen LogP contribution in [0.5, 0.6) is 0 Å². The van der Waals surface area contributed by atoms with Crippen LogP contribution < -0.4 is 10.6 Å². The minimum absolute atomic E-state index is 0.136. The lowest BCUT2D eigenvalue weighted by Crippen LogP contribution is -2.68. The third-order valence-corrected chi connectivity index (χ3v) is 2.16. The van der Waals surface area contributed by atoms with Crippen LogP contribution in [-0.2, 0) is 0 Å². The van der Waals surface area contributed by atoms with Gasteiger partial charge in [0.15, 0.2) is 6.29 Å². The smallest absolute Gasteiger partial charge is 0.304 e. The fourth-order valence-electron chi connectivity index (χ4n) is 1.37. The summed E-state index contributed by atoms with van der Waals surface area (Å²) < 4.78 is 0. The fraction of sp³-hybridized carbons (Fsp3) is 0.750. The van der Waals surface area contributed by atoms with Crippen molar-refractivity contribution < 1.29 is 9.59 Å². The normalized spacial score (nSPS) is 23.1. The van der Waals surface area contributed by atoms with Crippen molar-refractivity contribution in [2.45, 2.75) is 26.2 Å². The molecule has 1 atom stereocenters. The maximum absolute atomic E-state index is 11.7. The lowest BCUT2D eigenvalue weighted by molar-refractivity contribution is 0.0975. The number of urea groups is 2. The summed E-state index contributed by atoms with van der Waals surface area (Å²) in [4.78, 5) is 25.8. The number of hydrogen-bond acceptors (Lipinski definition) is 3. The van der Waals surface area contributed by atoms with E-state index < -0.39 is 6.29 Å². The Morgan fingerprint density at radius 3 is 2.43 bits per heavy atom. The third kappa shape index (κ3) is 1.65. The second kappa shape index (κ2) is 3.83. The highest BCUT2D eigenvalue weighted by Crippen LogP contribution is 2.10. The molecule has 0 radical (unpaired) electrons. The zero-order valence-corrected chi connectivity index (χ0v) is 8.87. The molecule has 14 heavy (non-hydrogen) atoms. The molecule has 1 rings (SSSR count). The Balaban J connectivity index is 2.85. The zero-order chi connectivity index (χ0) is 10.9. The summed E-state index contributed by atoms with van der Waals surface area (Å²) in [5.41, 5.74) is 0. The summed E-state index contributed by atoms with van der Waals surface area (Å²) in [5.74, 6) is 0. The Labute approximate surface area is 83.2 Å². The average Bonchev–Trinajstić information content (AvgIpc) is 2.10. The van der Waals surface area contributed by atoms with Gasteiger partial charge in [-0.3, -0.25) is 10.2 Å². The second-order valence-corrected chi connectivity index (χ2v) is 3.50. The summed E-state index contributed by atoms with van der Waals surface area (Å²) in [6.07, 6.45) is -0.426. The van der Waals surface area contributed by atoms with Crippen molar-refractivity contribution in [1.29, 1.82) is 0 Å². The van der Waals surface area contributed by atoms with Crippen molar-refractivity contribution in [2.24, 2.45) is 0 Å². The Morgan fingerprint density at radius 2 is 2.00 bits per heavy atom. The highest BCUT2D eigenvalue weighted by Gasteiger charge is 2.36. The third-order valence-electron chi connectivity index (χ3n) is 2.16. The molecule has 0 aromatic heterocycles. The lowest BCUT2D eigenvalue weighted by atomic mass is 10.3. The van der Waals surface area contributed by atoms with Crippen LogP contribution in [0.3, 0.4) is 0 Å². The first-order valence-corrected chi connectivity index (χ1v) is 4.52. The first kappa shape index (κ1) is 10.8. The minimum atomic E-state index is -0.426. The van der Waals surface area contributed by atoms with Gasteiger partial charge in [0.2, 0.25) is 0 Å². The van der Waals surface area contributed by atoms with Gasteiger partial charge >= 0.3 is 12.1 Å². The molecule has 80 valence electrons. The maximum Gasteiger partial charge on any atom is 0.330 e. The highest BCUT2D eigenvalue weighted by molar-refractivity contribution is 5.96. The van der Waals surface area contributed by atoms with E-state index in [-0.39, 0.29) is 18.1 Å². The molecular weight excluding hydrogens is 184 g/mol. The summed E-state index contributed by atoms with van der Waals surface area (Å²) in [5, 5.41) is 5.48. The summed E-state index contributed by atoms with van der Waals surface area (Å²) in [6.45, 7) is 3.59. The predicted molar refractivity (Wildman–Crippen MR) is 51.5 cm³/mol. The maximum atomic E-state index is 11.7. The largest absolute Gasteiger partial charge is 0.330 e. The number of nitrogens with one attached hydrogen (secondary N) is 2. The number of amides is 4. The van der Waals surface area contributed by atoms with Gasteiger partial charge in [-0.2, -0.15) is 0 Å². The van der Waals surface area contributed by atoms with Crippen LogP contribution in [0.25, 0.3) is 0 Å². The van der Waals surface area contributed by atoms with Crippen LogP contribution in [0.15, 0.2) is 0 Å². The van der Waals surface area contributed by atoms with Gasteiger partial charge in [0.1, 0.15) is 0 Å². The number of rotatable bonds is 2. The molecule has 4 amide bonds. The fourth-order valence-corrected chi connectivity index (χ4v) is 1.37. The lowest BCUT2D eigenvalue weighted by Gasteiger charge is -2.40. The average molecular weight is 200 g/mol. The van der Waals surface area contributed by atoms with Crippen molar-refractivity contribution in [1.82, 2.24) is 20.4 Å². The topological polar surface area (TPSA) is 64.7 Å². The Morgan fingerprint density at radius 1 is 1.43 bits per heavy atom. The molecule has 0 bridgehead atoms. The molecule has 6 heteroatoms. The van der Waals surface area contributed by atoms with Gasteiger partial charge in [0.05, 0.1) is 0 Å². The number of imide groups is 1. The van der Waals surface area contributed by atoms with E-state index in [4.69, 9.17) is 0 Å². The first-order chi connectivity index (χ1) is 6.49. The van der Waals surface area contributed by atoms with Crippen LogP contribution in [-0.4, -0.2) is 48.3 Å². The van der Waals surface area contributed by atoms with Gasteiger partial charge in [-0.25, -0.2) is 14.5 Å². The molecule has 1 unspecified atom stereocenters. The molecule has 1 aliphatic rings. The van der Waals surface area contributed by atoms with Crippen LogP contribution in [0.4, 0.5) is 9.59 Å². The second-order valence-electron chi connectivity index (χ2n) is 3.50. The molecule has 0 aromatic carbocycles. The molecular formula is C8H16N4O2. The summed E-state index contributed by atoms with van der Waals surface area (Å²) >= 11 is 0. The number of nitrogens with zero attached hydrogens (tertiary/aromatic N) is 2. The van der Waals surface area contributed by atoms with Gasteiger partial charge in [-0.05, 0) is 20.9 Å². The minimum Gasteiger partial charge on any atom is -0.304 e. The Hall–Kier alpha value is -1.30. The van der Waals surface area contributed by atoms with Gasteiger partial charge in [-0.1, -0.05) is 0 Å². The quantitative estimate of drug-likeness (QED) is 0.658. The molecule has 0 spiro atoms. The van der Waals surface area contributed by atoms with Gasteiger partial charge < -0.3 is 5.32 Å². The highest BCUT2D eigenvalue weighted by atomic mass is 16.2. The molecule has 1 fully saturated rings. The monoisotopic (exact) mass is 200 g/mol. The van der Waals surface area contributed by atoms with E-state index in [0.29, 0.717) is 0 Å². The van der Waals surface area contributed by atoms with Gasteiger partial charge in [0, 0.05) is 13.1 Å². The standard InChI is InChI=1S/C8H16N4O2/c1-5(2)12-7(13)10-6(9-3)11(4)8(12)14/h5-6,9H,1-4H3,(H,10,13). The Kier molecular flexibility index (Phi) is 2.95. The van der Waals surface area contributed by atoms with Crippen molar-refractivity contribution in [3.8, 4) is 0 Å². The van der Waals surface area contributed by atoms with Gasteiger partial charge in [0.25, 0.3) is 0 Å². The van der Waals surface area contributed by atoms with E-state index >= 15 is 0 Å². The van der Waals surface area contributed by atoms with Crippen molar-refractivity contribution in [3.05, 3.63) is 0 Å². The number of hydrogen-bond donors (Lipinski definition) is 2. The van der Waals surface area contributed by atoms with Crippen LogP contribution in [0.1, 0.15) is 13.8 Å². The summed E-state index contributed by atoms with van der Waals surface area (Å²) in [7, 11) is 3.32. The van der Waals surface area contributed by atoms with Crippen LogP contribution in [0, 0.1) is 0 Å². The van der Waals surface area contributed by atoms with E-state index in [0.717, 1.165) is 0 Å².